The van der Waals surface area contributed by atoms with Crippen LogP contribution in [0.1, 0.15) is 48.0 Å². The molecule has 0 spiro atoms. The normalized spacial score (nSPS) is 18.6. The van der Waals surface area contributed by atoms with Gasteiger partial charge in [0.1, 0.15) is 6.10 Å². The summed E-state index contributed by atoms with van der Waals surface area (Å²) in [6, 6.07) is 14.6. The van der Waals surface area contributed by atoms with E-state index in [4.69, 9.17) is 4.74 Å². The van der Waals surface area contributed by atoms with Gasteiger partial charge in [-0.2, -0.15) is 0 Å². The van der Waals surface area contributed by atoms with Gasteiger partial charge in [0, 0.05) is 43.1 Å². The largest absolute Gasteiger partial charge is 0.368 e. The lowest BCUT2D eigenvalue weighted by Gasteiger charge is -2.27. The van der Waals surface area contributed by atoms with E-state index in [1.165, 1.54) is 0 Å². The van der Waals surface area contributed by atoms with Crippen LogP contribution in [0.3, 0.4) is 0 Å². The number of rotatable bonds is 6. The van der Waals surface area contributed by atoms with Crippen molar-refractivity contribution in [3.63, 3.8) is 0 Å². The molecule has 2 aliphatic heterocycles. The van der Waals surface area contributed by atoms with Crippen molar-refractivity contribution >= 4 is 29.1 Å². The maximum Gasteiger partial charge on any atom is 0.253 e. The van der Waals surface area contributed by atoms with E-state index in [1.807, 2.05) is 29.2 Å². The molecule has 0 aliphatic carbocycles. The van der Waals surface area contributed by atoms with Gasteiger partial charge < -0.3 is 20.3 Å². The summed E-state index contributed by atoms with van der Waals surface area (Å²) in [6.07, 6.45) is 3.71. The fraction of sp³-hybridized carbons (Fsp3) is 0.375. The lowest BCUT2D eigenvalue weighted by Crippen LogP contribution is -2.35. The third-order valence-electron chi connectivity index (χ3n) is 5.61. The van der Waals surface area contributed by atoms with Gasteiger partial charge in [-0.1, -0.05) is 18.2 Å². The Kier molecular flexibility index (Phi) is 6.62. The molecule has 0 saturated carbocycles. The highest BCUT2D eigenvalue weighted by Crippen LogP contribution is 2.22. The van der Waals surface area contributed by atoms with Crippen LogP contribution in [0, 0.1) is 0 Å². The second-order valence-corrected chi connectivity index (χ2v) is 7.93. The molecule has 0 aromatic heterocycles. The van der Waals surface area contributed by atoms with E-state index in [0.29, 0.717) is 37.2 Å². The minimum absolute atomic E-state index is 0.148. The molecule has 7 nitrogen and oxygen atoms in total. The molecule has 162 valence electrons. The zero-order valence-corrected chi connectivity index (χ0v) is 17.4. The minimum Gasteiger partial charge on any atom is -0.368 e. The molecule has 3 amide bonds. The third kappa shape index (κ3) is 5.30. The molecule has 2 N–H and O–H groups in total. The molecular formula is C24H27N3O4. The van der Waals surface area contributed by atoms with Crippen molar-refractivity contribution in [3.05, 3.63) is 59.7 Å². The van der Waals surface area contributed by atoms with Crippen molar-refractivity contribution in [1.29, 1.82) is 0 Å². The van der Waals surface area contributed by atoms with Crippen LogP contribution in [0.2, 0.25) is 0 Å². The third-order valence-corrected chi connectivity index (χ3v) is 5.61. The predicted octanol–water partition coefficient (Wildman–Crippen LogP) is 3.25. The monoisotopic (exact) mass is 421 g/mol. The maximum atomic E-state index is 12.6. The molecule has 7 heteroatoms. The zero-order chi connectivity index (χ0) is 21.6. The predicted molar refractivity (Wildman–Crippen MR) is 118 cm³/mol. The standard InChI is InChI=1S/C24H27N3O4/c28-22-11-1-2-12-27(22)20-9-3-6-17(14-20)16-25-23(29)18-7-4-8-19(15-18)26-24(30)21-10-5-13-31-21/h3-4,6-9,14-15,21H,1-2,5,10-13,16H2,(H,25,29)(H,26,30). The summed E-state index contributed by atoms with van der Waals surface area (Å²) < 4.78 is 5.40. The summed E-state index contributed by atoms with van der Waals surface area (Å²) in [5, 5.41) is 5.73. The van der Waals surface area contributed by atoms with Crippen LogP contribution in [0.4, 0.5) is 11.4 Å². The number of nitrogens with one attached hydrogen (secondary N) is 2. The molecule has 2 heterocycles. The number of amides is 3. The fourth-order valence-corrected chi connectivity index (χ4v) is 3.94. The van der Waals surface area contributed by atoms with E-state index in [9.17, 15) is 14.4 Å². The van der Waals surface area contributed by atoms with Crippen LogP contribution < -0.4 is 15.5 Å². The van der Waals surface area contributed by atoms with Gasteiger partial charge in [-0.3, -0.25) is 14.4 Å². The lowest BCUT2D eigenvalue weighted by atomic mass is 10.1. The molecular weight excluding hydrogens is 394 g/mol. The highest BCUT2D eigenvalue weighted by molar-refractivity contribution is 5.98. The van der Waals surface area contributed by atoms with Gasteiger partial charge in [0.25, 0.3) is 11.8 Å². The smallest absolute Gasteiger partial charge is 0.253 e. The number of piperidine rings is 1. The molecule has 2 aliphatic rings. The van der Waals surface area contributed by atoms with Crippen molar-refractivity contribution in [2.45, 2.75) is 44.8 Å². The maximum absolute atomic E-state index is 12.6. The summed E-state index contributed by atoms with van der Waals surface area (Å²) in [6.45, 7) is 1.69. The molecule has 0 radical (unpaired) electrons. The van der Waals surface area contributed by atoms with Crippen molar-refractivity contribution in [1.82, 2.24) is 5.32 Å². The number of benzene rings is 2. The summed E-state index contributed by atoms with van der Waals surface area (Å²) in [5.41, 5.74) is 2.83. The molecule has 0 bridgehead atoms. The Hall–Kier alpha value is -3.19. The molecule has 1 unspecified atom stereocenters. The topological polar surface area (TPSA) is 87.7 Å². The Bertz CT molecular complexity index is 969. The average Bonchev–Trinajstić information content (AvgIpc) is 3.33. The fourth-order valence-electron chi connectivity index (χ4n) is 3.94. The molecule has 2 fully saturated rings. The van der Waals surface area contributed by atoms with Gasteiger partial charge in [0.05, 0.1) is 0 Å². The van der Waals surface area contributed by atoms with E-state index in [0.717, 1.165) is 37.1 Å². The van der Waals surface area contributed by atoms with E-state index < -0.39 is 6.10 Å². The molecule has 4 rings (SSSR count). The van der Waals surface area contributed by atoms with Gasteiger partial charge in [0.2, 0.25) is 5.91 Å². The Morgan fingerprint density at radius 1 is 1.06 bits per heavy atom. The highest BCUT2D eigenvalue weighted by atomic mass is 16.5. The van der Waals surface area contributed by atoms with Crippen molar-refractivity contribution < 1.29 is 19.1 Å². The van der Waals surface area contributed by atoms with Crippen molar-refractivity contribution in [3.8, 4) is 0 Å². The quantitative estimate of drug-likeness (QED) is 0.750. The first-order valence-electron chi connectivity index (χ1n) is 10.8. The van der Waals surface area contributed by atoms with E-state index in [-0.39, 0.29) is 17.7 Å². The van der Waals surface area contributed by atoms with Crippen LogP contribution in [-0.2, 0) is 20.9 Å². The van der Waals surface area contributed by atoms with E-state index >= 15 is 0 Å². The average molecular weight is 421 g/mol. The second kappa shape index (κ2) is 9.75. The Morgan fingerprint density at radius 2 is 1.94 bits per heavy atom. The first kappa shape index (κ1) is 21.1. The van der Waals surface area contributed by atoms with Gasteiger partial charge in [-0.05, 0) is 61.6 Å². The molecule has 31 heavy (non-hydrogen) atoms. The summed E-state index contributed by atoms with van der Waals surface area (Å²) in [7, 11) is 0. The number of carbonyl (C=O) groups is 3. The van der Waals surface area contributed by atoms with Gasteiger partial charge in [-0.25, -0.2) is 0 Å². The number of carbonyl (C=O) groups excluding carboxylic acids is 3. The first-order valence-corrected chi connectivity index (χ1v) is 10.8. The van der Waals surface area contributed by atoms with E-state index in [2.05, 4.69) is 10.6 Å². The van der Waals surface area contributed by atoms with Crippen LogP contribution in [0.25, 0.3) is 0 Å². The van der Waals surface area contributed by atoms with Crippen LogP contribution >= 0.6 is 0 Å². The highest BCUT2D eigenvalue weighted by Gasteiger charge is 2.23. The number of hydrogen-bond acceptors (Lipinski definition) is 4. The molecule has 2 aromatic rings. The number of ether oxygens (including phenoxy) is 1. The van der Waals surface area contributed by atoms with Gasteiger partial charge in [-0.15, -0.1) is 0 Å². The minimum atomic E-state index is -0.420. The van der Waals surface area contributed by atoms with Gasteiger partial charge >= 0.3 is 0 Å². The zero-order valence-electron chi connectivity index (χ0n) is 17.4. The van der Waals surface area contributed by atoms with E-state index in [1.54, 1.807) is 24.3 Å². The van der Waals surface area contributed by atoms with Crippen LogP contribution in [0.5, 0.6) is 0 Å². The summed E-state index contributed by atoms with van der Waals surface area (Å²) >= 11 is 0. The van der Waals surface area contributed by atoms with Gasteiger partial charge in [0.15, 0.2) is 0 Å². The Balaban J connectivity index is 1.36. The van der Waals surface area contributed by atoms with Crippen LogP contribution in [0.15, 0.2) is 48.5 Å². The molecule has 2 saturated heterocycles. The Morgan fingerprint density at radius 3 is 2.74 bits per heavy atom. The summed E-state index contributed by atoms with van der Waals surface area (Å²) in [4.78, 5) is 38.8. The number of hydrogen-bond donors (Lipinski definition) is 2. The number of anilines is 2. The molecule has 1 atom stereocenters. The van der Waals surface area contributed by atoms with Crippen LogP contribution in [-0.4, -0.2) is 37.0 Å². The van der Waals surface area contributed by atoms with Crippen molar-refractivity contribution in [2.75, 3.05) is 23.4 Å². The summed E-state index contributed by atoms with van der Waals surface area (Å²) in [5.74, 6) is -0.263. The Labute approximate surface area is 181 Å². The lowest BCUT2D eigenvalue weighted by molar-refractivity contribution is -0.124. The molecule has 2 aromatic carbocycles. The second-order valence-electron chi connectivity index (χ2n) is 7.93. The SMILES string of the molecule is O=C(NCc1cccc(N2CCCCC2=O)c1)c1cccc(NC(=O)C2CCCO2)c1. The first-order chi connectivity index (χ1) is 15.1. The van der Waals surface area contributed by atoms with Crippen molar-refractivity contribution in [2.24, 2.45) is 0 Å². The number of nitrogens with zero attached hydrogens (tertiary/aromatic N) is 1.